The predicted molar refractivity (Wildman–Crippen MR) is 87.9 cm³/mol. The van der Waals surface area contributed by atoms with Gasteiger partial charge in [0, 0.05) is 16.8 Å². The number of anilines is 1. The topological polar surface area (TPSA) is 64.4 Å². The SMILES string of the molecule is C=C/C=C(\C=C/N)C(=O)Nc1ccc(OC)c(C(=C)C)c1. The lowest BCUT2D eigenvalue weighted by atomic mass is 10.1. The smallest absolute Gasteiger partial charge is 0.255 e. The molecule has 110 valence electrons. The summed E-state index contributed by atoms with van der Waals surface area (Å²) < 4.78 is 5.27. The van der Waals surface area contributed by atoms with Crippen LogP contribution in [-0.4, -0.2) is 13.0 Å². The number of benzene rings is 1. The third-order valence-electron chi connectivity index (χ3n) is 2.75. The van der Waals surface area contributed by atoms with Gasteiger partial charge < -0.3 is 15.8 Å². The third kappa shape index (κ3) is 4.38. The molecule has 1 amide bonds. The van der Waals surface area contributed by atoms with E-state index < -0.39 is 0 Å². The van der Waals surface area contributed by atoms with E-state index in [0.717, 1.165) is 11.1 Å². The Balaban J connectivity index is 3.05. The molecule has 0 unspecified atom stereocenters. The second-order valence-electron chi connectivity index (χ2n) is 4.37. The molecule has 0 aliphatic carbocycles. The number of hydrogen-bond acceptors (Lipinski definition) is 3. The first-order valence-corrected chi connectivity index (χ1v) is 6.39. The minimum absolute atomic E-state index is 0.269. The van der Waals surface area contributed by atoms with E-state index in [2.05, 4.69) is 18.5 Å². The highest BCUT2D eigenvalue weighted by Crippen LogP contribution is 2.28. The fourth-order valence-electron chi connectivity index (χ4n) is 1.76. The van der Waals surface area contributed by atoms with Gasteiger partial charge >= 0.3 is 0 Å². The second kappa shape index (κ2) is 7.75. The van der Waals surface area contributed by atoms with Gasteiger partial charge in [0.1, 0.15) is 5.75 Å². The van der Waals surface area contributed by atoms with E-state index in [4.69, 9.17) is 10.5 Å². The maximum absolute atomic E-state index is 12.1. The minimum atomic E-state index is -0.269. The van der Waals surface area contributed by atoms with Crippen molar-refractivity contribution >= 4 is 17.2 Å². The Bertz CT molecular complexity index is 613. The van der Waals surface area contributed by atoms with E-state index in [-0.39, 0.29) is 5.91 Å². The van der Waals surface area contributed by atoms with Crippen molar-refractivity contribution in [1.82, 2.24) is 0 Å². The zero-order chi connectivity index (χ0) is 15.8. The summed E-state index contributed by atoms with van der Waals surface area (Å²) in [6.07, 6.45) is 5.94. The zero-order valence-electron chi connectivity index (χ0n) is 12.3. The normalized spacial score (nSPS) is 11.2. The lowest BCUT2D eigenvalue weighted by Crippen LogP contribution is -2.13. The number of nitrogens with two attached hydrogens (primary N) is 1. The molecule has 0 heterocycles. The molecule has 1 aromatic rings. The molecule has 0 atom stereocenters. The Hall–Kier alpha value is -2.75. The Morgan fingerprint density at radius 3 is 2.67 bits per heavy atom. The molecule has 0 spiro atoms. The van der Waals surface area contributed by atoms with Gasteiger partial charge in [-0.1, -0.05) is 19.2 Å². The summed E-state index contributed by atoms with van der Waals surface area (Å²) in [7, 11) is 1.59. The summed E-state index contributed by atoms with van der Waals surface area (Å²) in [5.74, 6) is 0.443. The summed E-state index contributed by atoms with van der Waals surface area (Å²) in [6, 6.07) is 5.37. The highest BCUT2D eigenvalue weighted by atomic mass is 16.5. The number of hydrogen-bond donors (Lipinski definition) is 2. The van der Waals surface area contributed by atoms with Crippen LogP contribution in [0.3, 0.4) is 0 Å². The maximum Gasteiger partial charge on any atom is 0.255 e. The lowest BCUT2D eigenvalue weighted by Gasteiger charge is -2.12. The first-order chi connectivity index (χ1) is 10.0. The van der Waals surface area contributed by atoms with E-state index in [1.165, 1.54) is 18.4 Å². The molecule has 4 nitrogen and oxygen atoms in total. The average molecular weight is 284 g/mol. The van der Waals surface area contributed by atoms with Crippen LogP contribution in [0, 0.1) is 0 Å². The van der Waals surface area contributed by atoms with Gasteiger partial charge in [-0.3, -0.25) is 4.79 Å². The van der Waals surface area contributed by atoms with Crippen molar-refractivity contribution in [3.05, 3.63) is 66.9 Å². The zero-order valence-corrected chi connectivity index (χ0v) is 12.3. The van der Waals surface area contributed by atoms with Crippen LogP contribution in [0.15, 0.2) is 61.4 Å². The molecule has 4 heteroatoms. The van der Waals surface area contributed by atoms with E-state index in [1.54, 1.807) is 25.3 Å². The molecular formula is C17H20N2O2. The Morgan fingerprint density at radius 2 is 2.14 bits per heavy atom. The quantitative estimate of drug-likeness (QED) is 0.622. The van der Waals surface area contributed by atoms with E-state index in [1.807, 2.05) is 13.0 Å². The summed E-state index contributed by atoms with van der Waals surface area (Å²) in [5, 5.41) is 2.80. The van der Waals surface area contributed by atoms with E-state index >= 15 is 0 Å². The van der Waals surface area contributed by atoms with Crippen molar-refractivity contribution in [2.75, 3.05) is 12.4 Å². The molecular weight excluding hydrogens is 264 g/mol. The number of methoxy groups -OCH3 is 1. The van der Waals surface area contributed by atoms with E-state index in [9.17, 15) is 4.79 Å². The largest absolute Gasteiger partial charge is 0.496 e. The van der Waals surface area contributed by atoms with Gasteiger partial charge in [-0.25, -0.2) is 0 Å². The first kappa shape index (κ1) is 16.3. The van der Waals surface area contributed by atoms with Gasteiger partial charge in [-0.15, -0.1) is 0 Å². The Kier molecular flexibility index (Phi) is 6.01. The van der Waals surface area contributed by atoms with Crippen LogP contribution < -0.4 is 15.8 Å². The molecule has 0 fully saturated rings. The van der Waals surface area contributed by atoms with Gasteiger partial charge in [0.05, 0.1) is 7.11 Å². The fraction of sp³-hybridized carbons (Fsp3) is 0.118. The molecule has 0 aliphatic rings. The van der Waals surface area contributed by atoms with Crippen LogP contribution >= 0.6 is 0 Å². The van der Waals surface area contributed by atoms with Gasteiger partial charge in [-0.05, 0) is 49.0 Å². The Morgan fingerprint density at radius 1 is 1.43 bits per heavy atom. The molecule has 0 saturated carbocycles. The van der Waals surface area contributed by atoms with Gasteiger partial charge in [0.15, 0.2) is 0 Å². The molecule has 3 N–H and O–H groups in total. The van der Waals surface area contributed by atoms with Crippen molar-refractivity contribution in [1.29, 1.82) is 0 Å². The molecule has 0 bridgehead atoms. The van der Waals surface area contributed by atoms with Gasteiger partial charge in [0.25, 0.3) is 5.91 Å². The number of allylic oxidation sites excluding steroid dienone is 3. The monoisotopic (exact) mass is 284 g/mol. The maximum atomic E-state index is 12.1. The molecule has 0 radical (unpaired) electrons. The van der Waals surface area contributed by atoms with Crippen molar-refractivity contribution in [2.45, 2.75) is 6.92 Å². The second-order valence-corrected chi connectivity index (χ2v) is 4.37. The molecule has 1 aromatic carbocycles. The van der Waals surface area contributed by atoms with Crippen LogP contribution in [0.2, 0.25) is 0 Å². The van der Waals surface area contributed by atoms with Crippen LogP contribution in [0.5, 0.6) is 5.75 Å². The molecule has 21 heavy (non-hydrogen) atoms. The lowest BCUT2D eigenvalue weighted by molar-refractivity contribution is -0.112. The summed E-state index contributed by atoms with van der Waals surface area (Å²) in [4.78, 5) is 12.1. The highest BCUT2D eigenvalue weighted by molar-refractivity contribution is 6.06. The number of ether oxygens (including phenoxy) is 1. The third-order valence-corrected chi connectivity index (χ3v) is 2.75. The average Bonchev–Trinajstić information content (AvgIpc) is 2.46. The number of amides is 1. The summed E-state index contributed by atoms with van der Waals surface area (Å²) in [6.45, 7) is 9.35. The predicted octanol–water partition coefficient (Wildman–Crippen LogP) is 3.25. The number of rotatable bonds is 6. The highest BCUT2D eigenvalue weighted by Gasteiger charge is 2.09. The molecule has 0 aliphatic heterocycles. The Labute approximate surface area is 125 Å². The summed E-state index contributed by atoms with van der Waals surface area (Å²) >= 11 is 0. The molecule has 0 aromatic heterocycles. The van der Waals surface area contributed by atoms with Crippen molar-refractivity contribution in [3.8, 4) is 5.75 Å². The standard InChI is InChI=1S/C17H20N2O2/c1-5-6-13(9-10-18)17(20)19-14-7-8-16(21-4)15(11-14)12(2)3/h5-11H,1-2,18H2,3-4H3,(H,19,20)/b10-9-,13-6+. The van der Waals surface area contributed by atoms with Gasteiger partial charge in [0.2, 0.25) is 0 Å². The fourth-order valence-corrected chi connectivity index (χ4v) is 1.76. The molecule has 1 rings (SSSR count). The van der Waals surface area contributed by atoms with Crippen LogP contribution in [0.4, 0.5) is 5.69 Å². The van der Waals surface area contributed by atoms with Crippen LogP contribution in [-0.2, 0) is 4.79 Å². The first-order valence-electron chi connectivity index (χ1n) is 6.39. The summed E-state index contributed by atoms with van der Waals surface area (Å²) in [5.41, 5.74) is 8.10. The van der Waals surface area contributed by atoms with Crippen molar-refractivity contribution in [3.63, 3.8) is 0 Å². The van der Waals surface area contributed by atoms with Crippen LogP contribution in [0.25, 0.3) is 5.57 Å². The number of nitrogens with one attached hydrogen (secondary N) is 1. The number of carbonyl (C=O) groups excluding carboxylic acids is 1. The van der Waals surface area contributed by atoms with E-state index in [0.29, 0.717) is 17.0 Å². The van der Waals surface area contributed by atoms with Crippen molar-refractivity contribution < 1.29 is 9.53 Å². The van der Waals surface area contributed by atoms with Crippen LogP contribution in [0.1, 0.15) is 12.5 Å². The number of carbonyl (C=O) groups is 1. The van der Waals surface area contributed by atoms with Gasteiger partial charge in [-0.2, -0.15) is 0 Å². The molecule has 0 saturated heterocycles. The minimum Gasteiger partial charge on any atom is -0.496 e. The van der Waals surface area contributed by atoms with Crippen molar-refractivity contribution in [2.24, 2.45) is 5.73 Å².